The molecule has 0 fully saturated rings. The van der Waals surface area contributed by atoms with Crippen molar-refractivity contribution in [2.45, 2.75) is 12.8 Å². The molecule has 0 atom stereocenters. The Morgan fingerprint density at radius 1 is 0.350 bits per heavy atom. The van der Waals surface area contributed by atoms with Gasteiger partial charge in [-0.3, -0.25) is 0 Å². The second kappa shape index (κ2) is 15.2. The van der Waals surface area contributed by atoms with Crippen molar-refractivity contribution in [1.29, 1.82) is 0 Å². The zero-order valence-corrected chi connectivity index (χ0v) is 33.2. The van der Waals surface area contributed by atoms with Crippen LogP contribution in [0.3, 0.4) is 0 Å². The minimum absolute atomic E-state index is 1.01. The normalized spacial score (nSPS) is 11.9. The number of hydrogen-bond acceptors (Lipinski definition) is 1. The van der Waals surface area contributed by atoms with Crippen LogP contribution in [-0.4, -0.2) is 4.57 Å². The van der Waals surface area contributed by atoms with Gasteiger partial charge >= 0.3 is 0 Å². The van der Waals surface area contributed by atoms with Crippen molar-refractivity contribution in [2.24, 2.45) is 0 Å². The fourth-order valence-electron chi connectivity index (χ4n) is 9.29. The van der Waals surface area contributed by atoms with Gasteiger partial charge in [0.25, 0.3) is 0 Å². The summed E-state index contributed by atoms with van der Waals surface area (Å²) in [6, 6.07) is 83.9. The van der Waals surface area contributed by atoms with Crippen LogP contribution < -0.4 is 4.90 Å². The molecule has 284 valence electrons. The van der Waals surface area contributed by atoms with Crippen molar-refractivity contribution in [3.05, 3.63) is 242 Å². The first-order valence-electron chi connectivity index (χ1n) is 20.9. The average molecular weight is 767 g/mol. The van der Waals surface area contributed by atoms with Gasteiger partial charge in [0.2, 0.25) is 0 Å². The van der Waals surface area contributed by atoms with E-state index in [1.54, 1.807) is 0 Å². The lowest BCUT2D eigenvalue weighted by molar-refractivity contribution is 0.866. The molecule has 0 N–H and O–H groups in total. The quantitative estimate of drug-likeness (QED) is 0.150. The number of aromatic nitrogens is 1. The van der Waals surface area contributed by atoms with E-state index in [4.69, 9.17) is 0 Å². The fraction of sp³-hybridized carbons (Fsp3) is 0.0345. The maximum Gasteiger partial charge on any atom is 0.0540 e. The molecule has 1 aromatic heterocycles. The van der Waals surface area contributed by atoms with Crippen LogP contribution in [0.25, 0.3) is 72.2 Å². The smallest absolute Gasteiger partial charge is 0.0540 e. The van der Waals surface area contributed by atoms with E-state index < -0.39 is 0 Å². The van der Waals surface area contributed by atoms with Crippen LogP contribution in [-0.2, 0) is 12.8 Å². The van der Waals surface area contributed by atoms with Gasteiger partial charge in [0.15, 0.2) is 0 Å². The van der Waals surface area contributed by atoms with Crippen LogP contribution in [0.2, 0.25) is 0 Å². The standard InChI is InChI=1S/C58H42N2/c1-4-16-41(17-5-1)43-28-34-48(35-29-43)59(56-38-33-47(42-18-6-2-7-19-42)40-53(56)44-20-8-3-9-21-44)54-26-14-12-23-50(54)46-30-36-49(37-31-46)60-55-27-15-13-25-52(55)58-51-24-11-10-22-45(51)32-39-57(58)60/h1-31,33-38,40H,32,39H2. The number of para-hydroxylation sites is 2. The second-order valence-corrected chi connectivity index (χ2v) is 15.6. The molecule has 10 aromatic rings. The third kappa shape index (κ3) is 6.31. The van der Waals surface area contributed by atoms with Crippen LogP contribution in [0, 0.1) is 0 Å². The molecule has 0 spiro atoms. The van der Waals surface area contributed by atoms with Crippen LogP contribution in [0.1, 0.15) is 11.3 Å². The highest BCUT2D eigenvalue weighted by Crippen LogP contribution is 2.47. The van der Waals surface area contributed by atoms with E-state index >= 15 is 0 Å². The summed E-state index contributed by atoms with van der Waals surface area (Å²) < 4.78 is 2.50. The molecule has 9 aromatic carbocycles. The van der Waals surface area contributed by atoms with Crippen LogP contribution >= 0.6 is 0 Å². The van der Waals surface area contributed by atoms with Crippen molar-refractivity contribution in [2.75, 3.05) is 4.90 Å². The molecule has 0 amide bonds. The summed E-state index contributed by atoms with van der Waals surface area (Å²) in [5, 5.41) is 1.32. The summed E-state index contributed by atoms with van der Waals surface area (Å²) in [7, 11) is 0. The molecule has 1 aliphatic carbocycles. The van der Waals surface area contributed by atoms with Gasteiger partial charge in [-0.15, -0.1) is 0 Å². The second-order valence-electron chi connectivity index (χ2n) is 15.6. The number of hydrogen-bond donors (Lipinski definition) is 0. The van der Waals surface area contributed by atoms with Crippen molar-refractivity contribution in [3.8, 4) is 61.3 Å². The minimum Gasteiger partial charge on any atom is -0.313 e. The van der Waals surface area contributed by atoms with Crippen LogP contribution in [0.5, 0.6) is 0 Å². The van der Waals surface area contributed by atoms with Gasteiger partial charge in [0.05, 0.1) is 16.9 Å². The van der Waals surface area contributed by atoms with Gasteiger partial charge in [-0.05, 0) is 106 Å². The van der Waals surface area contributed by atoms with Crippen LogP contribution in [0.15, 0.2) is 231 Å². The molecule has 0 radical (unpaired) electrons. The SMILES string of the molecule is c1ccc(-c2ccc(N(c3ccccc3-c3ccc(-n4c5c(c6ccccc64)-c4ccccc4CC5)cc3)c3ccc(-c4ccccc4)cc3-c3ccccc3)cc2)cc1. The molecular weight excluding hydrogens is 725 g/mol. The first-order valence-corrected chi connectivity index (χ1v) is 20.9. The summed E-state index contributed by atoms with van der Waals surface area (Å²) >= 11 is 0. The number of aryl methyl sites for hydroxylation is 1. The highest BCUT2D eigenvalue weighted by Gasteiger charge is 2.25. The Labute approximate surface area is 351 Å². The van der Waals surface area contributed by atoms with E-state index in [-0.39, 0.29) is 0 Å². The molecule has 11 rings (SSSR count). The van der Waals surface area contributed by atoms with Crippen molar-refractivity contribution >= 4 is 28.0 Å². The molecule has 2 heteroatoms. The molecule has 1 heterocycles. The molecule has 60 heavy (non-hydrogen) atoms. The molecule has 0 saturated heterocycles. The fourth-order valence-corrected chi connectivity index (χ4v) is 9.29. The largest absolute Gasteiger partial charge is 0.313 e. The lowest BCUT2D eigenvalue weighted by atomic mass is 9.88. The number of fused-ring (bicyclic) bond motifs is 5. The van der Waals surface area contributed by atoms with Crippen molar-refractivity contribution < 1.29 is 0 Å². The molecule has 0 bridgehead atoms. The van der Waals surface area contributed by atoms with E-state index in [1.807, 2.05) is 0 Å². The highest BCUT2D eigenvalue weighted by atomic mass is 15.1. The predicted molar refractivity (Wildman–Crippen MR) is 253 cm³/mol. The molecule has 1 aliphatic rings. The van der Waals surface area contributed by atoms with Gasteiger partial charge in [-0.25, -0.2) is 0 Å². The van der Waals surface area contributed by atoms with Crippen molar-refractivity contribution in [1.82, 2.24) is 4.57 Å². The Bertz CT molecular complexity index is 3110. The first kappa shape index (κ1) is 35.5. The molecule has 0 unspecified atom stereocenters. The molecule has 2 nitrogen and oxygen atoms in total. The predicted octanol–water partition coefficient (Wildman–Crippen LogP) is 15.5. The number of rotatable bonds is 8. The maximum atomic E-state index is 2.50. The summed E-state index contributed by atoms with van der Waals surface area (Å²) in [6.45, 7) is 0. The zero-order valence-electron chi connectivity index (χ0n) is 33.2. The monoisotopic (exact) mass is 766 g/mol. The third-order valence-electron chi connectivity index (χ3n) is 12.1. The molecule has 0 aliphatic heterocycles. The summed E-state index contributed by atoms with van der Waals surface area (Å²) in [5.74, 6) is 0. The van der Waals surface area contributed by atoms with Crippen LogP contribution in [0.4, 0.5) is 17.1 Å². The highest BCUT2D eigenvalue weighted by molar-refractivity contribution is 6.01. The van der Waals surface area contributed by atoms with Gasteiger partial charge in [0.1, 0.15) is 0 Å². The molecule has 0 saturated carbocycles. The topological polar surface area (TPSA) is 8.17 Å². The lowest BCUT2D eigenvalue weighted by Gasteiger charge is -2.30. The van der Waals surface area contributed by atoms with E-state index in [0.717, 1.165) is 41.0 Å². The van der Waals surface area contributed by atoms with Crippen molar-refractivity contribution in [3.63, 3.8) is 0 Å². The van der Waals surface area contributed by atoms with E-state index in [1.165, 1.54) is 72.4 Å². The van der Waals surface area contributed by atoms with Gasteiger partial charge in [-0.1, -0.05) is 182 Å². The Kier molecular flexibility index (Phi) is 9.02. The zero-order chi connectivity index (χ0) is 39.8. The summed E-state index contributed by atoms with van der Waals surface area (Å²) in [5.41, 5.74) is 20.8. The summed E-state index contributed by atoms with van der Waals surface area (Å²) in [4.78, 5) is 2.45. The van der Waals surface area contributed by atoms with Gasteiger partial charge < -0.3 is 9.47 Å². The average Bonchev–Trinajstić information content (AvgIpc) is 3.68. The molecular formula is C58H42N2. The third-order valence-corrected chi connectivity index (χ3v) is 12.1. The minimum atomic E-state index is 1.01. The Hall–Kier alpha value is -7.68. The number of nitrogens with zero attached hydrogens (tertiary/aromatic N) is 2. The first-order chi connectivity index (χ1) is 29.8. The van der Waals surface area contributed by atoms with E-state index in [2.05, 4.69) is 240 Å². The lowest BCUT2D eigenvalue weighted by Crippen LogP contribution is -2.12. The number of anilines is 3. The Balaban J connectivity index is 1.07. The Morgan fingerprint density at radius 2 is 0.867 bits per heavy atom. The Morgan fingerprint density at radius 3 is 1.60 bits per heavy atom. The van der Waals surface area contributed by atoms with E-state index in [0.29, 0.717) is 0 Å². The van der Waals surface area contributed by atoms with Gasteiger partial charge in [0, 0.05) is 39.1 Å². The number of benzene rings is 9. The summed E-state index contributed by atoms with van der Waals surface area (Å²) in [6.07, 6.45) is 2.06. The maximum absolute atomic E-state index is 2.50. The van der Waals surface area contributed by atoms with Gasteiger partial charge in [-0.2, -0.15) is 0 Å². The van der Waals surface area contributed by atoms with E-state index in [9.17, 15) is 0 Å².